The molecule has 0 spiro atoms. The predicted molar refractivity (Wildman–Crippen MR) is 95.7 cm³/mol. The third-order valence-corrected chi connectivity index (χ3v) is 3.49. The summed E-state index contributed by atoms with van der Waals surface area (Å²) in [4.78, 5) is 46.7. The van der Waals surface area contributed by atoms with E-state index in [4.69, 9.17) is 9.47 Å². The van der Waals surface area contributed by atoms with Crippen molar-refractivity contribution < 1.29 is 19.2 Å². The minimum atomic E-state index is -0.745. The zero-order chi connectivity index (χ0) is 20.7. The number of hydrazone groups is 1. The van der Waals surface area contributed by atoms with Crippen LogP contribution in [-0.4, -0.2) is 46.4 Å². The van der Waals surface area contributed by atoms with Crippen LogP contribution in [0.4, 0.5) is 5.69 Å². The number of nitro groups is 1. The van der Waals surface area contributed by atoms with Gasteiger partial charge in [-0.3, -0.25) is 24.7 Å². The number of nitro benzene ring substituents is 1. The molecule has 1 amide bonds. The van der Waals surface area contributed by atoms with Crippen molar-refractivity contribution in [3.05, 3.63) is 54.3 Å². The van der Waals surface area contributed by atoms with E-state index in [9.17, 15) is 24.5 Å². The molecule has 2 rings (SSSR count). The Morgan fingerprint density at radius 3 is 2.64 bits per heavy atom. The Bertz CT molecular complexity index is 1030. The fourth-order valence-corrected chi connectivity index (χ4v) is 2.15. The van der Waals surface area contributed by atoms with Crippen LogP contribution in [0.25, 0.3) is 0 Å². The van der Waals surface area contributed by atoms with E-state index < -0.39 is 22.1 Å². The van der Waals surface area contributed by atoms with Crippen LogP contribution < -0.4 is 26.1 Å². The number of aromatic amines is 2. The van der Waals surface area contributed by atoms with Crippen LogP contribution in [-0.2, 0) is 11.2 Å². The Morgan fingerprint density at radius 2 is 2.04 bits per heavy atom. The molecule has 3 N–H and O–H groups in total. The van der Waals surface area contributed by atoms with Crippen LogP contribution in [0.3, 0.4) is 0 Å². The van der Waals surface area contributed by atoms with E-state index in [0.717, 1.165) is 0 Å². The summed E-state index contributed by atoms with van der Waals surface area (Å²) in [5, 5.41) is 20.4. The van der Waals surface area contributed by atoms with Gasteiger partial charge >= 0.3 is 11.4 Å². The first-order valence-electron chi connectivity index (χ1n) is 7.76. The number of aryl methyl sites for hydroxylation is 1. The molecule has 0 atom stereocenters. The summed E-state index contributed by atoms with van der Waals surface area (Å²) in [5.74, 6) is -0.267. The van der Waals surface area contributed by atoms with Gasteiger partial charge in [0.2, 0.25) is 11.7 Å². The van der Waals surface area contributed by atoms with Crippen LogP contribution in [0.15, 0.2) is 26.8 Å². The maximum atomic E-state index is 11.8. The number of ether oxygens (including phenoxy) is 2. The summed E-state index contributed by atoms with van der Waals surface area (Å²) >= 11 is 0. The number of carbonyl (C=O) groups excluding carboxylic acids is 1. The van der Waals surface area contributed by atoms with Crippen molar-refractivity contribution in [3.63, 3.8) is 0 Å². The summed E-state index contributed by atoms with van der Waals surface area (Å²) in [6.45, 7) is 0. The van der Waals surface area contributed by atoms with Gasteiger partial charge < -0.3 is 9.47 Å². The number of nitrogens with zero attached hydrogens (tertiary/aromatic N) is 3. The Morgan fingerprint density at radius 1 is 1.32 bits per heavy atom. The van der Waals surface area contributed by atoms with Gasteiger partial charge in [-0.15, -0.1) is 0 Å². The third kappa shape index (κ3) is 5.00. The number of amides is 1. The lowest BCUT2D eigenvalue weighted by Crippen LogP contribution is -2.28. The molecule has 13 nitrogen and oxygen atoms in total. The second-order valence-corrected chi connectivity index (χ2v) is 5.27. The largest absolute Gasteiger partial charge is 0.496 e. The molecule has 0 bridgehead atoms. The van der Waals surface area contributed by atoms with Crippen molar-refractivity contribution in [3.8, 4) is 11.5 Å². The Hall–Kier alpha value is -4.03. The van der Waals surface area contributed by atoms with Gasteiger partial charge in [0.05, 0.1) is 25.4 Å². The lowest BCUT2D eigenvalue weighted by molar-refractivity contribution is -0.385. The standard InChI is InChI=1S/C15H16N6O7/c1-27-11-6-12(28-2)10(21(25)26)5-8(11)7-16-19-13(22)4-3-9-14(23)17-15(24)20-18-9/h5-7H,3-4H2,1-2H3,(H,19,22)(H2,17,20,23,24)/b16-7+. The average molecular weight is 392 g/mol. The zero-order valence-corrected chi connectivity index (χ0v) is 14.8. The molecule has 0 saturated heterocycles. The first-order chi connectivity index (χ1) is 13.3. The average Bonchev–Trinajstić information content (AvgIpc) is 2.66. The van der Waals surface area contributed by atoms with Gasteiger partial charge in [0.15, 0.2) is 0 Å². The van der Waals surface area contributed by atoms with E-state index >= 15 is 0 Å². The first kappa shape index (κ1) is 20.3. The minimum absolute atomic E-state index is 0.00817. The zero-order valence-electron chi connectivity index (χ0n) is 14.8. The van der Waals surface area contributed by atoms with Gasteiger partial charge in [-0.25, -0.2) is 15.3 Å². The Kier molecular flexibility index (Phi) is 6.57. The molecule has 0 fully saturated rings. The quantitative estimate of drug-likeness (QED) is 0.304. The molecule has 1 heterocycles. The molecular formula is C15H16N6O7. The predicted octanol–water partition coefficient (Wildman–Crippen LogP) is -0.533. The minimum Gasteiger partial charge on any atom is -0.496 e. The highest BCUT2D eigenvalue weighted by Gasteiger charge is 2.18. The number of hydrogen-bond acceptors (Lipinski definition) is 9. The van der Waals surface area contributed by atoms with Crippen molar-refractivity contribution in [2.45, 2.75) is 12.8 Å². The third-order valence-electron chi connectivity index (χ3n) is 3.49. The number of nitrogens with one attached hydrogen (secondary N) is 3. The summed E-state index contributed by atoms with van der Waals surface area (Å²) in [5.41, 5.74) is 0.737. The summed E-state index contributed by atoms with van der Waals surface area (Å²) in [6, 6.07) is 2.52. The van der Waals surface area contributed by atoms with E-state index in [1.165, 1.54) is 32.6 Å². The number of aromatic nitrogens is 3. The fraction of sp³-hybridized carbons (Fsp3) is 0.267. The SMILES string of the molecule is COc1cc(OC)c([N+](=O)[O-])cc1/C=N/NC(=O)CCc1n[nH]c(=O)[nH]c1=O. The van der Waals surface area contributed by atoms with Gasteiger partial charge in [0.1, 0.15) is 11.4 Å². The maximum absolute atomic E-state index is 11.8. The van der Waals surface area contributed by atoms with Gasteiger partial charge in [0.25, 0.3) is 5.56 Å². The van der Waals surface area contributed by atoms with Crippen molar-refractivity contribution in [1.29, 1.82) is 0 Å². The normalized spacial score (nSPS) is 10.6. The van der Waals surface area contributed by atoms with Gasteiger partial charge in [-0.2, -0.15) is 10.2 Å². The molecule has 13 heteroatoms. The number of hydrogen-bond donors (Lipinski definition) is 3. The molecule has 0 radical (unpaired) electrons. The monoisotopic (exact) mass is 392 g/mol. The van der Waals surface area contributed by atoms with Crippen molar-refractivity contribution in [2.75, 3.05) is 14.2 Å². The molecular weight excluding hydrogens is 376 g/mol. The molecule has 0 aliphatic heterocycles. The molecule has 0 aliphatic carbocycles. The van der Waals surface area contributed by atoms with Crippen molar-refractivity contribution >= 4 is 17.8 Å². The van der Waals surface area contributed by atoms with E-state index in [1.54, 1.807) is 0 Å². The van der Waals surface area contributed by atoms with E-state index in [1.807, 2.05) is 4.98 Å². The van der Waals surface area contributed by atoms with Crippen LogP contribution in [0.1, 0.15) is 17.7 Å². The molecule has 1 aromatic heterocycles. The maximum Gasteiger partial charge on any atom is 0.342 e. The van der Waals surface area contributed by atoms with Crippen molar-refractivity contribution in [2.24, 2.45) is 5.10 Å². The topological polar surface area (TPSA) is 182 Å². The van der Waals surface area contributed by atoms with E-state index in [2.05, 4.69) is 20.7 Å². The molecule has 0 aliphatic rings. The van der Waals surface area contributed by atoms with Gasteiger partial charge in [-0.1, -0.05) is 0 Å². The smallest absolute Gasteiger partial charge is 0.342 e. The van der Waals surface area contributed by atoms with Crippen LogP contribution in [0.2, 0.25) is 0 Å². The lowest BCUT2D eigenvalue weighted by atomic mass is 10.1. The Labute approximate surface area is 156 Å². The van der Waals surface area contributed by atoms with Crippen LogP contribution in [0.5, 0.6) is 11.5 Å². The Balaban J connectivity index is 2.06. The molecule has 2 aromatic rings. The molecule has 148 valence electrons. The fourth-order valence-electron chi connectivity index (χ4n) is 2.15. The molecule has 0 unspecified atom stereocenters. The highest BCUT2D eigenvalue weighted by atomic mass is 16.6. The lowest BCUT2D eigenvalue weighted by Gasteiger charge is -2.08. The summed E-state index contributed by atoms with van der Waals surface area (Å²) in [6.07, 6.45) is 1.03. The van der Waals surface area contributed by atoms with Crippen LogP contribution in [0, 0.1) is 10.1 Å². The van der Waals surface area contributed by atoms with E-state index in [0.29, 0.717) is 0 Å². The number of benzene rings is 1. The summed E-state index contributed by atoms with van der Waals surface area (Å²) in [7, 11) is 2.66. The highest BCUT2D eigenvalue weighted by molar-refractivity contribution is 5.87. The highest BCUT2D eigenvalue weighted by Crippen LogP contribution is 2.33. The number of methoxy groups -OCH3 is 2. The first-order valence-corrected chi connectivity index (χ1v) is 7.76. The van der Waals surface area contributed by atoms with Gasteiger partial charge in [0, 0.05) is 30.5 Å². The second kappa shape index (κ2) is 9.07. The van der Waals surface area contributed by atoms with Gasteiger partial charge in [-0.05, 0) is 0 Å². The number of H-pyrrole nitrogens is 2. The molecule has 0 saturated carbocycles. The number of carbonyl (C=O) groups is 1. The number of rotatable bonds is 8. The second-order valence-electron chi connectivity index (χ2n) is 5.27. The van der Waals surface area contributed by atoms with E-state index in [-0.39, 0.29) is 41.3 Å². The molecule has 28 heavy (non-hydrogen) atoms. The van der Waals surface area contributed by atoms with Crippen molar-refractivity contribution in [1.82, 2.24) is 20.6 Å². The van der Waals surface area contributed by atoms with Crippen LogP contribution >= 0.6 is 0 Å². The molecule has 1 aromatic carbocycles. The summed E-state index contributed by atoms with van der Waals surface area (Å²) < 4.78 is 10.1.